The highest BCUT2D eigenvalue weighted by atomic mass is 16.7. The Hall–Kier alpha value is -4.40. The van der Waals surface area contributed by atoms with Crippen LogP contribution in [0.25, 0.3) is 11.1 Å². The Morgan fingerprint density at radius 2 is 1.67 bits per heavy atom. The van der Waals surface area contributed by atoms with Crippen molar-refractivity contribution < 1.29 is 24.1 Å². The molecule has 0 saturated carbocycles. The molecular formula is C27H25N3O6. The first-order valence-corrected chi connectivity index (χ1v) is 11.5. The first-order valence-electron chi connectivity index (χ1n) is 11.5. The lowest BCUT2D eigenvalue weighted by molar-refractivity contribution is -0.384. The van der Waals surface area contributed by atoms with E-state index in [-0.39, 0.29) is 24.4 Å². The van der Waals surface area contributed by atoms with Crippen molar-refractivity contribution in [1.29, 1.82) is 0 Å². The van der Waals surface area contributed by atoms with Crippen molar-refractivity contribution in [3.05, 3.63) is 92.8 Å². The summed E-state index contributed by atoms with van der Waals surface area (Å²) in [5.41, 5.74) is 4.80. The van der Waals surface area contributed by atoms with E-state index in [1.54, 1.807) is 32.0 Å². The Kier molecular flexibility index (Phi) is 6.65. The number of oxime groups is 1. The lowest BCUT2D eigenvalue weighted by Gasteiger charge is -2.22. The Bertz CT molecular complexity index is 1410. The van der Waals surface area contributed by atoms with Gasteiger partial charge in [-0.15, -0.1) is 0 Å². The van der Waals surface area contributed by atoms with Gasteiger partial charge in [0.1, 0.15) is 11.4 Å². The molecule has 2 aromatic carbocycles. The second kappa shape index (κ2) is 9.69. The van der Waals surface area contributed by atoms with Gasteiger partial charge in [0.15, 0.2) is 0 Å². The summed E-state index contributed by atoms with van der Waals surface area (Å²) in [5, 5.41) is 15.5. The third-order valence-electron chi connectivity index (χ3n) is 6.19. The molecular weight excluding hydrogens is 462 g/mol. The average Bonchev–Trinajstić information content (AvgIpc) is 3.10. The third-order valence-corrected chi connectivity index (χ3v) is 6.19. The van der Waals surface area contributed by atoms with Crippen LogP contribution in [0.1, 0.15) is 66.9 Å². The van der Waals surface area contributed by atoms with Gasteiger partial charge in [-0.2, -0.15) is 0 Å². The molecule has 9 nitrogen and oxygen atoms in total. The van der Waals surface area contributed by atoms with Crippen molar-refractivity contribution in [2.24, 2.45) is 5.16 Å². The van der Waals surface area contributed by atoms with Crippen LogP contribution < -0.4 is 0 Å². The van der Waals surface area contributed by atoms with Gasteiger partial charge in [0, 0.05) is 41.3 Å². The Morgan fingerprint density at radius 3 is 2.33 bits per heavy atom. The van der Waals surface area contributed by atoms with Crippen LogP contribution in [0.2, 0.25) is 0 Å². The number of nitro benzene ring substituents is 1. The summed E-state index contributed by atoms with van der Waals surface area (Å²) in [6, 6.07) is 13.8. The number of ether oxygens (including phenoxy) is 1. The second-order valence-corrected chi connectivity index (χ2v) is 8.78. The van der Waals surface area contributed by atoms with E-state index < -0.39 is 22.3 Å². The molecule has 0 atom stereocenters. The van der Waals surface area contributed by atoms with Crippen molar-refractivity contribution in [3.63, 3.8) is 0 Å². The molecule has 1 heterocycles. The number of benzene rings is 2. The summed E-state index contributed by atoms with van der Waals surface area (Å²) in [7, 11) is 0. The zero-order chi connectivity index (χ0) is 26.0. The van der Waals surface area contributed by atoms with E-state index in [2.05, 4.69) is 10.1 Å². The Balaban J connectivity index is 1.83. The molecule has 0 radical (unpaired) electrons. The van der Waals surface area contributed by atoms with Gasteiger partial charge in [-0.3, -0.25) is 10.1 Å². The molecule has 1 aliphatic rings. The molecule has 0 amide bonds. The number of fused-ring (bicyclic) bond motifs is 3. The zero-order valence-corrected chi connectivity index (χ0v) is 20.4. The number of non-ortho nitro benzene ring substituents is 1. The van der Waals surface area contributed by atoms with E-state index in [0.29, 0.717) is 16.8 Å². The number of carbonyl (C=O) groups excluding carboxylic acids is 2. The lowest BCUT2D eigenvalue weighted by atomic mass is 9.81. The third kappa shape index (κ3) is 4.47. The molecule has 36 heavy (non-hydrogen) atoms. The van der Waals surface area contributed by atoms with Crippen molar-refractivity contribution in [3.8, 4) is 11.1 Å². The highest BCUT2D eigenvalue weighted by molar-refractivity contribution is 6.14. The fourth-order valence-corrected chi connectivity index (χ4v) is 4.31. The topological polar surface area (TPSA) is 121 Å². The van der Waals surface area contributed by atoms with Gasteiger partial charge in [-0.25, -0.2) is 14.6 Å². The largest absolute Gasteiger partial charge is 0.461 e. The van der Waals surface area contributed by atoms with Crippen LogP contribution in [0.4, 0.5) is 5.69 Å². The fourth-order valence-electron chi connectivity index (χ4n) is 4.31. The summed E-state index contributed by atoms with van der Waals surface area (Å²) in [5.74, 6) is -1.08. The molecule has 9 heteroatoms. The lowest BCUT2D eigenvalue weighted by Crippen LogP contribution is -2.17. The first-order chi connectivity index (χ1) is 17.2. The van der Waals surface area contributed by atoms with E-state index >= 15 is 0 Å². The Morgan fingerprint density at radius 1 is 1.00 bits per heavy atom. The highest BCUT2D eigenvalue weighted by Crippen LogP contribution is 2.49. The van der Waals surface area contributed by atoms with E-state index in [1.165, 1.54) is 18.3 Å². The number of hydrogen-bond donors (Lipinski definition) is 0. The molecule has 0 bridgehead atoms. The predicted octanol–water partition coefficient (Wildman–Crippen LogP) is 5.18. The minimum absolute atomic E-state index is 0.0341. The number of nitrogens with zero attached hydrogens (tertiary/aromatic N) is 3. The van der Waals surface area contributed by atoms with Crippen LogP contribution in [0.5, 0.6) is 0 Å². The summed E-state index contributed by atoms with van der Waals surface area (Å²) < 4.78 is 5.06. The maximum Gasteiger partial charge on any atom is 0.356 e. The number of rotatable bonds is 7. The molecule has 184 valence electrons. The van der Waals surface area contributed by atoms with Crippen LogP contribution in [-0.2, 0) is 19.8 Å². The zero-order valence-electron chi connectivity index (χ0n) is 20.4. The van der Waals surface area contributed by atoms with Crippen LogP contribution in [-0.4, -0.2) is 34.2 Å². The van der Waals surface area contributed by atoms with E-state index in [1.807, 2.05) is 32.0 Å². The standard InChI is InChI=1S/C27H25N3O6/c1-5-24(31)36-29-25(17-11-12-28-23(14-17)26(32)35-6-2)16-7-9-19-20-10-8-18(30(33)34)15-22(20)27(3,4)21(19)13-16/h7-15H,5-6H2,1-4H3. The number of pyridine rings is 1. The van der Waals surface area contributed by atoms with Gasteiger partial charge >= 0.3 is 11.9 Å². The quantitative estimate of drug-likeness (QED) is 0.148. The number of nitro groups is 1. The number of esters is 1. The normalized spacial score (nSPS) is 13.5. The molecule has 0 saturated heterocycles. The highest BCUT2D eigenvalue weighted by Gasteiger charge is 2.37. The van der Waals surface area contributed by atoms with Gasteiger partial charge in [0.25, 0.3) is 5.69 Å². The van der Waals surface area contributed by atoms with E-state index in [4.69, 9.17) is 9.57 Å². The van der Waals surface area contributed by atoms with Gasteiger partial charge in [-0.1, -0.05) is 38.1 Å². The summed E-state index contributed by atoms with van der Waals surface area (Å²) in [6.07, 6.45) is 1.61. The maximum atomic E-state index is 12.3. The molecule has 1 aliphatic carbocycles. The van der Waals surface area contributed by atoms with Crippen molar-refractivity contribution in [2.45, 2.75) is 39.5 Å². The number of carbonyl (C=O) groups is 2. The number of hydrogen-bond acceptors (Lipinski definition) is 8. The summed E-state index contributed by atoms with van der Waals surface area (Å²) in [6.45, 7) is 7.59. The van der Waals surface area contributed by atoms with Gasteiger partial charge in [0.05, 0.1) is 11.5 Å². The monoisotopic (exact) mass is 487 g/mol. The van der Waals surface area contributed by atoms with Gasteiger partial charge in [0.2, 0.25) is 0 Å². The molecule has 4 rings (SSSR count). The summed E-state index contributed by atoms with van der Waals surface area (Å²) >= 11 is 0. The van der Waals surface area contributed by atoms with Crippen molar-refractivity contribution in [2.75, 3.05) is 6.61 Å². The van der Waals surface area contributed by atoms with E-state index in [0.717, 1.165) is 22.3 Å². The fraction of sp³-hybridized carbons (Fsp3) is 0.259. The number of aromatic nitrogens is 1. The Labute approximate surface area is 207 Å². The molecule has 0 fully saturated rings. The summed E-state index contributed by atoms with van der Waals surface area (Å²) in [4.78, 5) is 44.3. The van der Waals surface area contributed by atoms with Crippen molar-refractivity contribution in [1.82, 2.24) is 4.98 Å². The van der Waals surface area contributed by atoms with E-state index in [9.17, 15) is 19.7 Å². The SMILES string of the molecule is CCOC(=O)c1cc(C(=NOC(=O)CC)c2ccc3c(c2)C(C)(C)c2cc([N+](=O)[O-])ccc2-3)ccn1. The van der Waals surface area contributed by atoms with Crippen molar-refractivity contribution >= 4 is 23.3 Å². The smallest absolute Gasteiger partial charge is 0.356 e. The predicted molar refractivity (Wildman–Crippen MR) is 133 cm³/mol. The first kappa shape index (κ1) is 24.7. The second-order valence-electron chi connectivity index (χ2n) is 8.78. The minimum atomic E-state index is -0.573. The maximum absolute atomic E-state index is 12.3. The molecule has 0 unspecified atom stereocenters. The molecule has 0 spiro atoms. The van der Waals surface area contributed by atoms with Crippen LogP contribution in [0.3, 0.4) is 0 Å². The molecule has 3 aromatic rings. The molecule has 0 N–H and O–H groups in total. The molecule has 0 aliphatic heterocycles. The minimum Gasteiger partial charge on any atom is -0.461 e. The van der Waals surface area contributed by atoms with Gasteiger partial charge < -0.3 is 9.57 Å². The van der Waals surface area contributed by atoms with Crippen LogP contribution >= 0.6 is 0 Å². The average molecular weight is 488 g/mol. The molecule has 1 aromatic heterocycles. The van der Waals surface area contributed by atoms with Crippen LogP contribution in [0.15, 0.2) is 59.9 Å². The van der Waals surface area contributed by atoms with Gasteiger partial charge in [-0.05, 0) is 53.4 Å². The van der Waals surface area contributed by atoms with Crippen LogP contribution in [0, 0.1) is 10.1 Å².